The number of nitrogens with zero attached hydrogens (tertiary/aromatic N) is 2. The molecule has 0 spiro atoms. The molecule has 0 fully saturated rings. The molecule has 5 nitrogen and oxygen atoms in total. The van der Waals surface area contributed by atoms with Crippen molar-refractivity contribution in [3.8, 4) is 5.88 Å². The standard InChI is InChI=1S/C16H18F4N2.C6H7NO2/c1-3-6-11(16(18,19)20)9-13(14(17)4-2)15-10-12-7-5-8-22(12)21-15;1-9-6-4-5(8)2-3-7-6/h4,6,9-10H,3,5,7-8H2,1-2H3;2-4H,1H3,(H,7,8)/b11-6-,13-9+,14-4+;. The van der Waals surface area contributed by atoms with Gasteiger partial charge in [-0.05, 0) is 38.3 Å². The first-order valence-corrected chi connectivity index (χ1v) is 9.80. The van der Waals surface area contributed by atoms with Gasteiger partial charge in [0.2, 0.25) is 0 Å². The minimum Gasteiger partial charge on any atom is -0.482 e. The van der Waals surface area contributed by atoms with Crippen LogP contribution in [0, 0.1) is 0 Å². The van der Waals surface area contributed by atoms with Gasteiger partial charge in [-0.3, -0.25) is 9.48 Å². The Morgan fingerprint density at radius 3 is 2.61 bits per heavy atom. The molecule has 0 saturated carbocycles. The number of aromatic nitrogens is 3. The highest BCUT2D eigenvalue weighted by Crippen LogP contribution is 2.33. The SMILES string of the molecule is COc1cc(=O)cc[nH]1.C\C=C(F)/C(=C\C(=C\CC)C(F)(F)F)c1cc2n(n1)CCC2. The van der Waals surface area contributed by atoms with Crippen LogP contribution in [0.2, 0.25) is 0 Å². The van der Waals surface area contributed by atoms with E-state index in [2.05, 4.69) is 10.1 Å². The van der Waals surface area contributed by atoms with Crippen LogP contribution in [0.3, 0.4) is 0 Å². The van der Waals surface area contributed by atoms with Crippen molar-refractivity contribution in [3.63, 3.8) is 0 Å². The monoisotopic (exact) mass is 439 g/mol. The molecule has 2 aromatic heterocycles. The second kappa shape index (κ2) is 10.8. The third-order valence-electron chi connectivity index (χ3n) is 4.47. The Balaban J connectivity index is 0.000000316. The molecule has 31 heavy (non-hydrogen) atoms. The smallest absolute Gasteiger partial charge is 0.416 e. The van der Waals surface area contributed by atoms with E-state index in [1.165, 1.54) is 26.2 Å². The third-order valence-corrected chi connectivity index (χ3v) is 4.47. The van der Waals surface area contributed by atoms with Gasteiger partial charge >= 0.3 is 6.18 Å². The summed E-state index contributed by atoms with van der Waals surface area (Å²) in [5.74, 6) is -0.217. The number of halogens is 4. The molecular formula is C22H25F4N3O2. The van der Waals surface area contributed by atoms with Gasteiger partial charge in [-0.2, -0.15) is 18.3 Å². The Bertz CT molecular complexity index is 1010. The molecule has 2 aromatic rings. The molecule has 1 aliphatic rings. The molecule has 3 heterocycles. The summed E-state index contributed by atoms with van der Waals surface area (Å²) in [6.07, 6.45) is 2.06. The van der Waals surface area contributed by atoms with Crippen LogP contribution in [-0.2, 0) is 13.0 Å². The summed E-state index contributed by atoms with van der Waals surface area (Å²) < 4.78 is 59.6. The lowest BCUT2D eigenvalue weighted by Crippen LogP contribution is -2.10. The fourth-order valence-corrected chi connectivity index (χ4v) is 2.99. The molecule has 0 aromatic carbocycles. The maximum absolute atomic E-state index is 14.1. The number of H-pyrrole nitrogens is 1. The average Bonchev–Trinajstić information content (AvgIpc) is 3.32. The van der Waals surface area contributed by atoms with Crippen molar-refractivity contribution in [3.05, 3.63) is 75.6 Å². The summed E-state index contributed by atoms with van der Waals surface area (Å²) in [5.41, 5.74) is 0.150. The molecule has 0 atom stereocenters. The van der Waals surface area contributed by atoms with Gasteiger partial charge in [0.25, 0.3) is 0 Å². The van der Waals surface area contributed by atoms with Gasteiger partial charge in [0.05, 0.1) is 18.4 Å². The summed E-state index contributed by atoms with van der Waals surface area (Å²) in [7, 11) is 1.51. The van der Waals surface area contributed by atoms with E-state index < -0.39 is 17.6 Å². The van der Waals surface area contributed by atoms with E-state index >= 15 is 0 Å². The summed E-state index contributed by atoms with van der Waals surface area (Å²) in [4.78, 5) is 13.3. The first kappa shape index (κ1) is 24.2. The number of hydrogen-bond donors (Lipinski definition) is 1. The number of hydrogen-bond acceptors (Lipinski definition) is 3. The van der Waals surface area contributed by atoms with Crippen LogP contribution < -0.4 is 10.2 Å². The predicted octanol–water partition coefficient (Wildman–Crippen LogP) is 5.37. The Kier molecular flexibility index (Phi) is 8.41. The van der Waals surface area contributed by atoms with Crippen LogP contribution in [-0.4, -0.2) is 28.1 Å². The highest BCUT2D eigenvalue weighted by Gasteiger charge is 2.32. The lowest BCUT2D eigenvalue weighted by molar-refractivity contribution is -0.0883. The van der Waals surface area contributed by atoms with Crippen molar-refractivity contribution in [2.24, 2.45) is 0 Å². The Morgan fingerprint density at radius 1 is 1.35 bits per heavy atom. The molecule has 0 amide bonds. The maximum Gasteiger partial charge on any atom is 0.416 e. The highest BCUT2D eigenvalue weighted by atomic mass is 19.4. The van der Waals surface area contributed by atoms with E-state index in [4.69, 9.17) is 4.74 Å². The zero-order valence-corrected chi connectivity index (χ0v) is 17.6. The topological polar surface area (TPSA) is 59.9 Å². The molecule has 0 bridgehead atoms. The average molecular weight is 439 g/mol. The zero-order chi connectivity index (χ0) is 23.0. The van der Waals surface area contributed by atoms with Gasteiger partial charge in [0, 0.05) is 36.1 Å². The first-order valence-electron chi connectivity index (χ1n) is 9.80. The van der Waals surface area contributed by atoms with Crippen LogP contribution in [0.15, 0.2) is 58.8 Å². The van der Waals surface area contributed by atoms with Crippen molar-refractivity contribution in [2.45, 2.75) is 45.8 Å². The van der Waals surface area contributed by atoms with Gasteiger partial charge in [-0.1, -0.05) is 19.1 Å². The molecule has 1 aliphatic heterocycles. The normalized spacial score (nSPS) is 14.7. The molecule has 9 heteroatoms. The van der Waals surface area contributed by atoms with Crippen molar-refractivity contribution >= 4 is 5.57 Å². The van der Waals surface area contributed by atoms with Crippen LogP contribution in [0.1, 0.15) is 38.1 Å². The van der Waals surface area contributed by atoms with E-state index in [-0.39, 0.29) is 23.1 Å². The largest absolute Gasteiger partial charge is 0.482 e. The zero-order valence-electron chi connectivity index (χ0n) is 17.6. The summed E-state index contributed by atoms with van der Waals surface area (Å²) >= 11 is 0. The lowest BCUT2D eigenvalue weighted by atomic mass is 10.0. The number of rotatable bonds is 5. The number of allylic oxidation sites excluding steroid dienone is 6. The number of fused-ring (bicyclic) bond motifs is 1. The van der Waals surface area contributed by atoms with E-state index in [1.54, 1.807) is 23.9 Å². The molecule has 1 N–H and O–H groups in total. The Labute approximate surface area is 177 Å². The number of ether oxygens (including phenoxy) is 1. The maximum atomic E-state index is 14.1. The highest BCUT2D eigenvalue weighted by molar-refractivity contribution is 5.77. The number of aryl methyl sites for hydroxylation is 2. The molecule has 168 valence electrons. The van der Waals surface area contributed by atoms with Crippen LogP contribution >= 0.6 is 0 Å². The second-order valence-electron chi connectivity index (χ2n) is 6.70. The summed E-state index contributed by atoms with van der Waals surface area (Å²) in [5, 5.41) is 4.23. The number of alkyl halides is 3. The number of nitrogens with one attached hydrogen (secondary N) is 1. The Hall–Kier alpha value is -3.10. The molecule has 3 rings (SSSR count). The van der Waals surface area contributed by atoms with Crippen LogP contribution in [0.4, 0.5) is 17.6 Å². The van der Waals surface area contributed by atoms with E-state index in [1.807, 2.05) is 0 Å². The quantitative estimate of drug-likeness (QED) is 0.504. The molecular weight excluding hydrogens is 414 g/mol. The number of pyridine rings is 1. The molecule has 0 radical (unpaired) electrons. The number of aromatic amines is 1. The molecule has 0 aliphatic carbocycles. The fourth-order valence-electron chi connectivity index (χ4n) is 2.99. The second-order valence-corrected chi connectivity index (χ2v) is 6.70. The molecule has 0 unspecified atom stereocenters. The van der Waals surface area contributed by atoms with Crippen molar-refractivity contribution in [2.75, 3.05) is 7.11 Å². The summed E-state index contributed by atoms with van der Waals surface area (Å²) in [6, 6.07) is 4.49. The van der Waals surface area contributed by atoms with Crippen LogP contribution in [0.25, 0.3) is 5.57 Å². The van der Waals surface area contributed by atoms with Crippen molar-refractivity contribution in [1.82, 2.24) is 14.8 Å². The summed E-state index contributed by atoms with van der Waals surface area (Å²) in [6.45, 7) is 3.77. The van der Waals surface area contributed by atoms with Gasteiger partial charge < -0.3 is 9.72 Å². The third kappa shape index (κ3) is 6.70. The lowest BCUT2D eigenvalue weighted by Gasteiger charge is -2.10. The fraction of sp³-hybridized carbons (Fsp3) is 0.364. The predicted molar refractivity (Wildman–Crippen MR) is 111 cm³/mol. The minimum absolute atomic E-state index is 0.0504. The molecule has 0 saturated heterocycles. The van der Waals surface area contributed by atoms with Gasteiger partial charge in [-0.15, -0.1) is 0 Å². The van der Waals surface area contributed by atoms with Crippen LogP contribution in [0.5, 0.6) is 5.88 Å². The van der Waals surface area contributed by atoms with Gasteiger partial charge in [0.15, 0.2) is 11.3 Å². The van der Waals surface area contributed by atoms with Gasteiger partial charge in [0.1, 0.15) is 5.83 Å². The first-order chi connectivity index (χ1) is 14.7. The van der Waals surface area contributed by atoms with Gasteiger partial charge in [-0.25, -0.2) is 4.39 Å². The Morgan fingerprint density at radius 2 is 2.10 bits per heavy atom. The van der Waals surface area contributed by atoms with Crippen molar-refractivity contribution < 1.29 is 22.3 Å². The minimum atomic E-state index is -4.52. The van der Waals surface area contributed by atoms with Crippen molar-refractivity contribution in [1.29, 1.82) is 0 Å². The van der Waals surface area contributed by atoms with E-state index in [0.717, 1.165) is 43.3 Å². The van der Waals surface area contributed by atoms with E-state index in [0.29, 0.717) is 5.88 Å². The van der Waals surface area contributed by atoms with E-state index in [9.17, 15) is 22.4 Å². The number of methoxy groups -OCH3 is 1.